The van der Waals surface area contributed by atoms with E-state index in [0.717, 1.165) is 32.5 Å². The molecule has 2 aromatic carbocycles. The number of anilines is 2. The Bertz CT molecular complexity index is 1360. The Labute approximate surface area is 183 Å². The van der Waals surface area contributed by atoms with Gasteiger partial charge in [-0.05, 0) is 37.1 Å². The lowest BCUT2D eigenvalue weighted by Gasteiger charge is -2.32. The Morgan fingerprint density at radius 2 is 1.41 bits per heavy atom. The fourth-order valence-corrected chi connectivity index (χ4v) is 4.15. The van der Waals surface area contributed by atoms with E-state index in [-0.39, 0.29) is 17.2 Å². The number of aromatic nitrogens is 4. The maximum absolute atomic E-state index is 12.2. The van der Waals surface area contributed by atoms with Gasteiger partial charge in [-0.3, -0.25) is 19.6 Å². The van der Waals surface area contributed by atoms with Gasteiger partial charge in [0.15, 0.2) is 0 Å². The summed E-state index contributed by atoms with van der Waals surface area (Å²) in [6.07, 6.45) is 1.92. The summed E-state index contributed by atoms with van der Waals surface area (Å²) in [6.45, 7) is 3.44. The molecule has 0 saturated carbocycles. The van der Waals surface area contributed by atoms with E-state index in [1.165, 1.54) is 0 Å². The first-order valence-electron chi connectivity index (χ1n) is 10.9. The molecular formula is C23H25N7O2. The number of nitrogens with zero attached hydrogens (tertiary/aromatic N) is 3. The number of nitrogens with one attached hydrogen (secondary N) is 4. The first-order valence-corrected chi connectivity index (χ1v) is 10.9. The fourth-order valence-electron chi connectivity index (χ4n) is 4.15. The van der Waals surface area contributed by atoms with E-state index in [1.807, 2.05) is 36.4 Å². The molecule has 164 valence electrons. The Morgan fingerprint density at radius 3 is 2.06 bits per heavy atom. The number of fused-ring (bicyclic) bond motifs is 2. The van der Waals surface area contributed by atoms with Crippen LogP contribution in [0.2, 0.25) is 0 Å². The van der Waals surface area contributed by atoms with Gasteiger partial charge in [-0.1, -0.05) is 24.3 Å². The summed E-state index contributed by atoms with van der Waals surface area (Å²) in [4.78, 5) is 41.4. The number of H-pyrrole nitrogens is 2. The predicted molar refractivity (Wildman–Crippen MR) is 126 cm³/mol. The molecule has 4 N–H and O–H groups in total. The standard InChI is InChI=1S/C23H25N7O2/c31-20-16-5-1-3-7-18(16)26-22(28-20)24-11-14-30-12-9-15(10-13-30)25-23-27-19-8-4-2-6-17(19)21(32)29-23/h1-8,15H,9-14H2,(H2,24,26,28,31)(H2,25,27,29,32). The number of likely N-dealkylation sites (tertiary alicyclic amines) is 1. The highest BCUT2D eigenvalue weighted by Gasteiger charge is 2.19. The number of piperidine rings is 1. The van der Waals surface area contributed by atoms with E-state index in [1.54, 1.807) is 12.1 Å². The van der Waals surface area contributed by atoms with E-state index in [2.05, 4.69) is 35.5 Å². The highest BCUT2D eigenvalue weighted by Crippen LogP contribution is 2.15. The molecule has 1 aliphatic rings. The minimum Gasteiger partial charge on any atom is -0.354 e. The number of hydrogen-bond acceptors (Lipinski definition) is 7. The van der Waals surface area contributed by atoms with Crippen molar-refractivity contribution in [3.63, 3.8) is 0 Å². The normalized spacial score (nSPS) is 15.2. The van der Waals surface area contributed by atoms with Crippen LogP contribution in [0, 0.1) is 0 Å². The van der Waals surface area contributed by atoms with Crippen LogP contribution in [-0.2, 0) is 0 Å². The van der Waals surface area contributed by atoms with Crippen molar-refractivity contribution in [3.05, 3.63) is 69.2 Å². The van der Waals surface area contributed by atoms with Gasteiger partial charge in [0.25, 0.3) is 11.1 Å². The van der Waals surface area contributed by atoms with Crippen molar-refractivity contribution < 1.29 is 0 Å². The molecular weight excluding hydrogens is 406 g/mol. The van der Waals surface area contributed by atoms with Gasteiger partial charge in [-0.25, -0.2) is 9.97 Å². The number of hydrogen-bond donors (Lipinski definition) is 4. The highest BCUT2D eigenvalue weighted by molar-refractivity contribution is 5.79. The number of rotatable bonds is 6. The molecule has 3 heterocycles. The molecule has 0 unspecified atom stereocenters. The lowest BCUT2D eigenvalue weighted by Crippen LogP contribution is -2.41. The number of benzene rings is 2. The van der Waals surface area contributed by atoms with E-state index < -0.39 is 0 Å². The zero-order valence-electron chi connectivity index (χ0n) is 17.6. The lowest BCUT2D eigenvalue weighted by atomic mass is 10.1. The Kier molecular flexibility index (Phi) is 5.55. The highest BCUT2D eigenvalue weighted by atomic mass is 16.1. The van der Waals surface area contributed by atoms with Crippen LogP contribution < -0.4 is 21.8 Å². The molecule has 1 fully saturated rings. The van der Waals surface area contributed by atoms with Gasteiger partial charge in [0, 0.05) is 32.2 Å². The van der Waals surface area contributed by atoms with Crippen LogP contribution in [0.15, 0.2) is 58.1 Å². The van der Waals surface area contributed by atoms with Crippen LogP contribution in [0.5, 0.6) is 0 Å². The van der Waals surface area contributed by atoms with Gasteiger partial charge < -0.3 is 15.5 Å². The van der Waals surface area contributed by atoms with Gasteiger partial charge in [0.05, 0.1) is 21.8 Å². The lowest BCUT2D eigenvalue weighted by molar-refractivity contribution is 0.226. The molecule has 0 aliphatic carbocycles. The third kappa shape index (κ3) is 4.33. The summed E-state index contributed by atoms with van der Waals surface area (Å²) < 4.78 is 0. The number of para-hydroxylation sites is 2. The maximum Gasteiger partial charge on any atom is 0.260 e. The summed E-state index contributed by atoms with van der Waals surface area (Å²) in [5.41, 5.74) is 1.13. The summed E-state index contributed by atoms with van der Waals surface area (Å²) >= 11 is 0. The fraction of sp³-hybridized carbons (Fsp3) is 0.304. The van der Waals surface area contributed by atoms with E-state index in [4.69, 9.17) is 0 Å². The van der Waals surface area contributed by atoms with E-state index in [9.17, 15) is 9.59 Å². The number of aromatic amines is 2. The maximum atomic E-state index is 12.2. The summed E-state index contributed by atoms with van der Waals surface area (Å²) in [6, 6.07) is 14.9. The minimum atomic E-state index is -0.134. The predicted octanol–water partition coefficient (Wildman–Crippen LogP) is 2.15. The smallest absolute Gasteiger partial charge is 0.260 e. The second-order valence-corrected chi connectivity index (χ2v) is 8.05. The molecule has 2 aromatic heterocycles. The Hall–Kier alpha value is -3.72. The molecule has 1 saturated heterocycles. The quantitative estimate of drug-likeness (QED) is 0.369. The molecule has 0 spiro atoms. The van der Waals surface area contributed by atoms with Crippen molar-refractivity contribution in [1.29, 1.82) is 0 Å². The van der Waals surface area contributed by atoms with Gasteiger partial charge >= 0.3 is 0 Å². The van der Waals surface area contributed by atoms with Crippen LogP contribution in [0.25, 0.3) is 21.8 Å². The molecule has 0 radical (unpaired) electrons. The van der Waals surface area contributed by atoms with Crippen molar-refractivity contribution in [2.75, 3.05) is 36.8 Å². The van der Waals surface area contributed by atoms with E-state index >= 15 is 0 Å². The van der Waals surface area contributed by atoms with Crippen LogP contribution >= 0.6 is 0 Å². The summed E-state index contributed by atoms with van der Waals surface area (Å²) in [5.74, 6) is 1.02. The molecule has 1 aliphatic heterocycles. The Balaban J connectivity index is 1.12. The zero-order chi connectivity index (χ0) is 21.9. The van der Waals surface area contributed by atoms with Crippen molar-refractivity contribution in [2.45, 2.75) is 18.9 Å². The van der Waals surface area contributed by atoms with Crippen molar-refractivity contribution in [3.8, 4) is 0 Å². The van der Waals surface area contributed by atoms with Crippen LogP contribution in [-0.4, -0.2) is 57.1 Å². The molecule has 9 nitrogen and oxygen atoms in total. The van der Waals surface area contributed by atoms with Crippen LogP contribution in [0.4, 0.5) is 11.9 Å². The first-order chi connectivity index (χ1) is 15.7. The van der Waals surface area contributed by atoms with Crippen molar-refractivity contribution >= 4 is 33.7 Å². The van der Waals surface area contributed by atoms with Crippen molar-refractivity contribution in [2.24, 2.45) is 0 Å². The second-order valence-electron chi connectivity index (χ2n) is 8.05. The van der Waals surface area contributed by atoms with Crippen LogP contribution in [0.1, 0.15) is 12.8 Å². The summed E-state index contributed by atoms with van der Waals surface area (Å²) in [5, 5.41) is 7.80. The Morgan fingerprint density at radius 1 is 0.844 bits per heavy atom. The SMILES string of the molecule is O=c1[nH]c(NCCN2CCC(Nc3nc4ccccc4c(=O)[nH]3)CC2)nc2ccccc12. The summed E-state index contributed by atoms with van der Waals surface area (Å²) in [7, 11) is 0. The molecule has 9 heteroatoms. The average Bonchev–Trinajstić information content (AvgIpc) is 2.80. The van der Waals surface area contributed by atoms with E-state index in [0.29, 0.717) is 40.2 Å². The third-order valence-electron chi connectivity index (χ3n) is 5.87. The van der Waals surface area contributed by atoms with Gasteiger partial charge in [-0.2, -0.15) is 0 Å². The average molecular weight is 432 g/mol. The largest absolute Gasteiger partial charge is 0.354 e. The first kappa shape index (κ1) is 20.2. The van der Waals surface area contributed by atoms with Gasteiger partial charge in [-0.15, -0.1) is 0 Å². The molecule has 0 amide bonds. The zero-order valence-corrected chi connectivity index (χ0v) is 17.6. The van der Waals surface area contributed by atoms with Crippen molar-refractivity contribution in [1.82, 2.24) is 24.8 Å². The van der Waals surface area contributed by atoms with Gasteiger partial charge in [0.1, 0.15) is 0 Å². The molecule has 0 bridgehead atoms. The van der Waals surface area contributed by atoms with Crippen LogP contribution in [0.3, 0.4) is 0 Å². The monoisotopic (exact) mass is 431 g/mol. The third-order valence-corrected chi connectivity index (χ3v) is 5.87. The molecule has 0 atom stereocenters. The minimum absolute atomic E-state index is 0.123. The second kappa shape index (κ2) is 8.80. The molecule has 5 rings (SSSR count). The molecule has 32 heavy (non-hydrogen) atoms. The molecule has 4 aromatic rings. The topological polar surface area (TPSA) is 119 Å². The van der Waals surface area contributed by atoms with Gasteiger partial charge in [0.2, 0.25) is 11.9 Å².